The minimum absolute atomic E-state index is 0.149. The van der Waals surface area contributed by atoms with Crippen LogP contribution in [0.2, 0.25) is 0 Å². The zero-order chi connectivity index (χ0) is 15.2. The van der Waals surface area contributed by atoms with Gasteiger partial charge in [-0.3, -0.25) is 0 Å². The summed E-state index contributed by atoms with van der Waals surface area (Å²) < 4.78 is 0.576. The topological polar surface area (TPSA) is 92.5 Å². The number of benzene rings is 2. The number of rotatable bonds is 4. The predicted octanol–water partition coefficient (Wildman–Crippen LogP) is 2.32. The van der Waals surface area contributed by atoms with Crippen LogP contribution < -0.4 is 9.56 Å². The van der Waals surface area contributed by atoms with Crippen LogP contribution in [0.25, 0.3) is 12.2 Å². The molecule has 1 radical (unpaired) electrons. The van der Waals surface area contributed by atoms with Crippen LogP contribution in [0.4, 0.5) is 0 Å². The van der Waals surface area contributed by atoms with Crippen molar-refractivity contribution < 1.29 is 24.3 Å². The Balaban J connectivity index is 2.33. The second-order valence-electron chi connectivity index (χ2n) is 4.18. The molecule has 5 heteroatoms. The number of para-hydroxylation sites is 2. The van der Waals surface area contributed by atoms with Crippen LogP contribution in [-0.4, -0.2) is 10.2 Å². The normalized spacial score (nSPS) is 12.7. The van der Waals surface area contributed by atoms with Crippen molar-refractivity contribution in [2.24, 2.45) is 9.56 Å². The quantitative estimate of drug-likeness (QED) is 0.649. The van der Waals surface area contributed by atoms with E-state index in [4.69, 9.17) is 9.56 Å². The van der Waals surface area contributed by atoms with E-state index in [1.807, 2.05) is 12.1 Å². The van der Waals surface area contributed by atoms with Crippen molar-refractivity contribution in [2.45, 2.75) is 0 Å². The van der Waals surface area contributed by atoms with Crippen LogP contribution in [0.15, 0.2) is 53.0 Å². The number of phenols is 2. The van der Waals surface area contributed by atoms with Gasteiger partial charge >= 0.3 is 128 Å². The molecule has 0 spiro atoms. The summed E-state index contributed by atoms with van der Waals surface area (Å²) in [6.45, 7) is 0. The van der Waals surface area contributed by atoms with Crippen molar-refractivity contribution in [1.29, 1.82) is 0 Å². The standard InChI is InChI=1S/C16H12O2.Co.2H2N/c17-15-11-5-3-9-13(15)7-1-2-8-14-10-4-6-12-16(14)18;;;/h3-12,17-18H;;2*1H2/q;+2;2*-1. The zero-order valence-corrected chi connectivity index (χ0v) is 12.2. The summed E-state index contributed by atoms with van der Waals surface area (Å²) in [5.74, 6) is 0.306. The Kier molecular flexibility index (Phi) is 5.18. The first-order valence-electron chi connectivity index (χ1n) is 6.06. The van der Waals surface area contributed by atoms with Gasteiger partial charge in [0.15, 0.2) is 0 Å². The molecule has 4 nitrogen and oxygen atoms in total. The fourth-order valence-corrected chi connectivity index (χ4v) is 2.23. The van der Waals surface area contributed by atoms with Crippen molar-refractivity contribution >= 4 is 12.2 Å². The Morgan fingerprint density at radius 3 is 1.95 bits per heavy atom. The maximum atomic E-state index is 9.77. The number of phenolic OH excluding ortho intramolecular Hbond substituents is 2. The van der Waals surface area contributed by atoms with E-state index in [0.29, 0.717) is 15.6 Å². The Morgan fingerprint density at radius 2 is 1.43 bits per heavy atom. The summed E-state index contributed by atoms with van der Waals surface area (Å²) >= 11 is -1.36. The average molecular weight is 327 g/mol. The first-order chi connectivity index (χ1) is 10.1. The molecule has 6 N–H and O–H groups in total. The third-order valence-electron chi connectivity index (χ3n) is 2.72. The van der Waals surface area contributed by atoms with E-state index in [0.717, 1.165) is 0 Å². The molecule has 0 aliphatic rings. The first-order valence-corrected chi connectivity index (χ1v) is 7.78. The van der Waals surface area contributed by atoms with Gasteiger partial charge in [-0.15, -0.1) is 0 Å². The van der Waals surface area contributed by atoms with Crippen molar-refractivity contribution in [2.75, 3.05) is 0 Å². The summed E-state index contributed by atoms with van der Waals surface area (Å²) in [4.78, 5) is 11.6. The number of allylic oxidation sites excluding steroid dienone is 2. The van der Waals surface area contributed by atoms with E-state index in [1.165, 1.54) is 0 Å². The molecule has 0 aliphatic carbocycles. The maximum absolute atomic E-state index is 9.77. The second-order valence-corrected chi connectivity index (χ2v) is 5.69. The molecule has 111 valence electrons. The van der Waals surface area contributed by atoms with E-state index >= 15 is 0 Å². The minimum atomic E-state index is -1.36. The van der Waals surface area contributed by atoms with Crippen LogP contribution in [0, 0.1) is 6.08 Å². The molecule has 0 atom stereocenters. The van der Waals surface area contributed by atoms with Crippen molar-refractivity contribution in [3.05, 3.63) is 70.2 Å². The molecule has 2 aromatic carbocycles. The third kappa shape index (κ3) is 4.20. The van der Waals surface area contributed by atoms with E-state index in [2.05, 4.69) is 6.08 Å². The fraction of sp³-hybridized carbons (Fsp3) is 0. The van der Waals surface area contributed by atoms with Gasteiger partial charge in [0, 0.05) is 0 Å². The molecule has 2 aromatic rings. The summed E-state index contributed by atoms with van der Waals surface area (Å²) in [5.41, 5.74) is 1.24. The monoisotopic (exact) mass is 327 g/mol. The Labute approximate surface area is 128 Å². The summed E-state index contributed by atoms with van der Waals surface area (Å²) in [6, 6.07) is 13.8. The van der Waals surface area contributed by atoms with E-state index in [-0.39, 0.29) is 11.5 Å². The van der Waals surface area contributed by atoms with E-state index in [9.17, 15) is 10.2 Å². The van der Waals surface area contributed by atoms with Gasteiger partial charge in [-0.25, -0.2) is 0 Å². The van der Waals surface area contributed by atoms with Gasteiger partial charge in [0.05, 0.1) is 0 Å². The zero-order valence-electron chi connectivity index (χ0n) is 11.2. The van der Waals surface area contributed by atoms with Gasteiger partial charge in [-0.05, 0) is 0 Å². The molecule has 2 rings (SSSR count). The molecule has 0 saturated heterocycles. The molecule has 0 fully saturated rings. The van der Waals surface area contributed by atoms with Crippen LogP contribution >= 0.6 is 0 Å². The predicted molar refractivity (Wildman–Crippen MR) is 80.3 cm³/mol. The van der Waals surface area contributed by atoms with Gasteiger partial charge < -0.3 is 0 Å². The van der Waals surface area contributed by atoms with Gasteiger partial charge in [-0.1, -0.05) is 0 Å². The summed E-state index contributed by atoms with van der Waals surface area (Å²) in [6.07, 6.45) is 6.31. The number of aromatic hydroxyl groups is 2. The van der Waals surface area contributed by atoms with Gasteiger partial charge in [0.2, 0.25) is 0 Å². The molecule has 0 heterocycles. The van der Waals surface area contributed by atoms with Crippen LogP contribution in [-0.2, 0) is 14.1 Å². The molecule has 0 unspecified atom stereocenters. The summed E-state index contributed by atoms with van der Waals surface area (Å²) in [7, 11) is 0. The van der Waals surface area contributed by atoms with Crippen molar-refractivity contribution in [1.82, 2.24) is 0 Å². The molecule has 0 amide bonds. The van der Waals surface area contributed by atoms with Gasteiger partial charge in [-0.2, -0.15) is 0 Å². The van der Waals surface area contributed by atoms with Gasteiger partial charge in [0.1, 0.15) is 0 Å². The Morgan fingerprint density at radius 1 is 0.905 bits per heavy atom. The molecule has 0 aromatic heterocycles. The number of hydrogen-bond acceptors (Lipinski definition) is 4. The first kappa shape index (κ1) is 15.3. The van der Waals surface area contributed by atoms with Crippen LogP contribution in [0.1, 0.15) is 11.1 Å². The van der Waals surface area contributed by atoms with Crippen LogP contribution in [0.5, 0.6) is 11.5 Å². The molecule has 0 bridgehead atoms. The third-order valence-corrected chi connectivity index (χ3v) is 3.66. The van der Waals surface area contributed by atoms with Crippen molar-refractivity contribution in [3.63, 3.8) is 0 Å². The van der Waals surface area contributed by atoms with E-state index in [1.54, 1.807) is 48.6 Å². The van der Waals surface area contributed by atoms with Gasteiger partial charge in [0.25, 0.3) is 0 Å². The van der Waals surface area contributed by atoms with Crippen molar-refractivity contribution in [3.8, 4) is 11.5 Å². The second kappa shape index (κ2) is 7.10. The van der Waals surface area contributed by atoms with E-state index < -0.39 is 14.1 Å². The molecular formula is C16H16CoN2O2. The molecule has 21 heavy (non-hydrogen) atoms. The number of hydrogen-bond donors (Lipinski definition) is 4. The van der Waals surface area contributed by atoms with Crippen LogP contribution in [0.3, 0.4) is 0 Å². The average Bonchev–Trinajstić information content (AvgIpc) is 2.46. The Bertz CT molecular complexity index is 681. The molecular weight excluding hydrogens is 311 g/mol. The fourth-order valence-electron chi connectivity index (χ4n) is 1.65. The SMILES string of the molecule is [NH2][Co]([NH2])[C](/[C]=C/c1ccccc1O)=Cc1ccccc1O. The molecule has 0 saturated carbocycles. The Hall–Kier alpha value is -2.05. The summed E-state index contributed by atoms with van der Waals surface area (Å²) in [5, 5.41) is 19.5. The number of nitrogens with two attached hydrogens (primary N) is 2. The molecule has 0 aliphatic heterocycles.